The fourth-order valence-corrected chi connectivity index (χ4v) is 5.77. The van der Waals surface area contributed by atoms with Crippen molar-refractivity contribution in [2.75, 3.05) is 39.9 Å². The Morgan fingerprint density at radius 1 is 1.09 bits per heavy atom. The number of rotatable bonds is 7. The molecular formula is C27H35N3O3. The minimum absolute atomic E-state index is 0.00382. The van der Waals surface area contributed by atoms with Crippen LogP contribution in [0.1, 0.15) is 47.2 Å². The van der Waals surface area contributed by atoms with E-state index in [4.69, 9.17) is 9.47 Å². The minimum atomic E-state index is 0.00382. The van der Waals surface area contributed by atoms with Crippen molar-refractivity contribution in [2.24, 2.45) is 5.92 Å². The Balaban J connectivity index is 1.22. The number of ether oxygens (including phenoxy) is 2. The number of piperidine rings is 1. The van der Waals surface area contributed by atoms with E-state index in [9.17, 15) is 4.79 Å². The lowest BCUT2D eigenvalue weighted by Gasteiger charge is -2.38. The number of hydrogen-bond donors (Lipinski definition) is 0. The molecule has 2 aliphatic heterocycles. The summed E-state index contributed by atoms with van der Waals surface area (Å²) in [7, 11) is 1.57. The molecule has 33 heavy (non-hydrogen) atoms. The topological polar surface area (TPSA) is 54.9 Å². The van der Waals surface area contributed by atoms with E-state index < -0.39 is 0 Å². The third kappa shape index (κ3) is 5.07. The van der Waals surface area contributed by atoms with Crippen LogP contribution in [0.3, 0.4) is 0 Å². The van der Waals surface area contributed by atoms with Gasteiger partial charge in [-0.1, -0.05) is 24.3 Å². The van der Waals surface area contributed by atoms with E-state index in [-0.39, 0.29) is 12.0 Å². The first-order valence-corrected chi connectivity index (χ1v) is 12.4. The van der Waals surface area contributed by atoms with Gasteiger partial charge in [0, 0.05) is 31.9 Å². The maximum absolute atomic E-state index is 13.5. The standard InChI is InChI=1S/C27H35N3O3/c1-32-26-25(9-4-12-28-26)27(31)30(19-24-8-5-15-33-24)18-20-10-13-29(14-11-20)23-16-21-6-2-3-7-22(21)17-23/h2-4,6-7,9,12,20,23-24H,5,8,10-11,13-19H2,1H3/t24-/m0/s1. The van der Waals surface area contributed by atoms with Gasteiger partial charge in [0.05, 0.1) is 13.2 Å². The minimum Gasteiger partial charge on any atom is -0.480 e. The van der Waals surface area contributed by atoms with E-state index in [2.05, 4.69) is 34.1 Å². The Morgan fingerprint density at radius 3 is 2.52 bits per heavy atom. The summed E-state index contributed by atoms with van der Waals surface area (Å²) in [6.07, 6.45) is 8.50. The van der Waals surface area contributed by atoms with Gasteiger partial charge in [-0.3, -0.25) is 9.69 Å². The van der Waals surface area contributed by atoms with Gasteiger partial charge in [-0.05, 0) is 80.8 Å². The largest absolute Gasteiger partial charge is 0.480 e. The number of hydrogen-bond acceptors (Lipinski definition) is 5. The van der Waals surface area contributed by atoms with Crippen molar-refractivity contribution in [3.8, 4) is 5.88 Å². The third-order valence-corrected chi connectivity index (χ3v) is 7.60. The van der Waals surface area contributed by atoms with Gasteiger partial charge in [-0.25, -0.2) is 4.98 Å². The van der Waals surface area contributed by atoms with Crippen LogP contribution in [0.15, 0.2) is 42.6 Å². The summed E-state index contributed by atoms with van der Waals surface area (Å²) in [5.74, 6) is 0.914. The third-order valence-electron chi connectivity index (χ3n) is 7.60. The molecule has 5 rings (SSSR count). The molecule has 6 nitrogen and oxygen atoms in total. The normalized spacial score (nSPS) is 21.8. The van der Waals surface area contributed by atoms with Gasteiger partial charge >= 0.3 is 0 Å². The van der Waals surface area contributed by atoms with Crippen LogP contribution >= 0.6 is 0 Å². The molecule has 0 bridgehead atoms. The Bertz CT molecular complexity index is 926. The highest BCUT2D eigenvalue weighted by molar-refractivity contribution is 5.96. The molecular weight excluding hydrogens is 414 g/mol. The molecule has 0 saturated carbocycles. The zero-order chi connectivity index (χ0) is 22.6. The highest BCUT2D eigenvalue weighted by atomic mass is 16.5. The Kier molecular flexibility index (Phi) is 6.93. The average molecular weight is 450 g/mol. The average Bonchev–Trinajstić information content (AvgIpc) is 3.53. The Labute approximate surface area is 196 Å². The number of fused-ring (bicyclic) bond motifs is 1. The number of carbonyl (C=O) groups excluding carboxylic acids is 1. The van der Waals surface area contributed by atoms with Crippen LogP contribution in [-0.4, -0.2) is 72.7 Å². The predicted octanol–water partition coefficient (Wildman–Crippen LogP) is 3.59. The van der Waals surface area contributed by atoms with Crippen molar-refractivity contribution in [3.63, 3.8) is 0 Å². The summed E-state index contributed by atoms with van der Waals surface area (Å²) in [4.78, 5) is 22.4. The maximum atomic E-state index is 13.5. The Hall–Kier alpha value is -2.44. The van der Waals surface area contributed by atoms with Crippen molar-refractivity contribution in [1.82, 2.24) is 14.8 Å². The van der Waals surface area contributed by atoms with Gasteiger partial charge in [0.15, 0.2) is 0 Å². The molecule has 1 aromatic carbocycles. The number of carbonyl (C=O) groups is 1. The van der Waals surface area contributed by atoms with Crippen molar-refractivity contribution >= 4 is 5.91 Å². The van der Waals surface area contributed by atoms with E-state index in [1.54, 1.807) is 19.4 Å². The molecule has 2 fully saturated rings. The number of likely N-dealkylation sites (tertiary alicyclic amines) is 1. The molecule has 0 spiro atoms. The number of amides is 1. The lowest BCUT2D eigenvalue weighted by molar-refractivity contribution is 0.0427. The van der Waals surface area contributed by atoms with Crippen molar-refractivity contribution in [2.45, 2.75) is 50.7 Å². The molecule has 1 aromatic heterocycles. The second-order valence-electron chi connectivity index (χ2n) is 9.72. The fourth-order valence-electron chi connectivity index (χ4n) is 5.77. The molecule has 3 heterocycles. The van der Waals surface area contributed by atoms with Crippen LogP contribution in [0.5, 0.6) is 5.88 Å². The van der Waals surface area contributed by atoms with Crippen molar-refractivity contribution in [3.05, 3.63) is 59.3 Å². The SMILES string of the molecule is COc1ncccc1C(=O)N(CC1CCN(C2Cc3ccccc3C2)CC1)C[C@@H]1CCCO1. The van der Waals surface area contributed by atoms with Crippen molar-refractivity contribution in [1.29, 1.82) is 0 Å². The smallest absolute Gasteiger partial charge is 0.259 e. The summed E-state index contributed by atoms with van der Waals surface area (Å²) >= 11 is 0. The number of benzene rings is 1. The molecule has 176 valence electrons. The van der Waals surface area contributed by atoms with Gasteiger partial charge in [0.25, 0.3) is 5.91 Å². The first-order chi connectivity index (χ1) is 16.2. The number of nitrogens with zero attached hydrogens (tertiary/aromatic N) is 3. The van der Waals surface area contributed by atoms with E-state index in [1.807, 2.05) is 11.0 Å². The molecule has 1 amide bonds. The summed E-state index contributed by atoms with van der Waals surface area (Å²) in [5.41, 5.74) is 3.57. The zero-order valence-corrected chi connectivity index (χ0v) is 19.6. The van der Waals surface area contributed by atoms with Crippen molar-refractivity contribution < 1.29 is 14.3 Å². The van der Waals surface area contributed by atoms with Gasteiger partial charge in [-0.15, -0.1) is 0 Å². The monoisotopic (exact) mass is 449 g/mol. The van der Waals surface area contributed by atoms with Crippen LogP contribution in [0.25, 0.3) is 0 Å². The predicted molar refractivity (Wildman–Crippen MR) is 128 cm³/mol. The molecule has 0 unspecified atom stereocenters. The molecule has 1 atom stereocenters. The summed E-state index contributed by atoms with van der Waals surface area (Å²) in [6.45, 7) is 4.44. The van der Waals surface area contributed by atoms with E-state index in [0.29, 0.717) is 29.9 Å². The first kappa shape index (κ1) is 22.4. The van der Waals surface area contributed by atoms with Crippen LogP contribution in [-0.2, 0) is 17.6 Å². The lowest BCUT2D eigenvalue weighted by Crippen LogP contribution is -2.46. The molecule has 0 N–H and O–H groups in total. The summed E-state index contributed by atoms with van der Waals surface area (Å²) < 4.78 is 11.3. The summed E-state index contributed by atoms with van der Waals surface area (Å²) in [5, 5.41) is 0. The number of aromatic nitrogens is 1. The molecule has 3 aliphatic rings. The van der Waals surface area contributed by atoms with Gasteiger partial charge < -0.3 is 14.4 Å². The van der Waals surface area contributed by atoms with E-state index in [1.165, 1.54) is 24.0 Å². The second kappa shape index (κ2) is 10.2. The zero-order valence-electron chi connectivity index (χ0n) is 19.6. The highest BCUT2D eigenvalue weighted by Gasteiger charge is 2.32. The van der Waals surface area contributed by atoms with E-state index >= 15 is 0 Å². The lowest BCUT2D eigenvalue weighted by atomic mass is 9.94. The van der Waals surface area contributed by atoms with Crippen LogP contribution in [0, 0.1) is 5.92 Å². The fraction of sp³-hybridized carbons (Fsp3) is 0.556. The number of pyridine rings is 1. The molecule has 0 radical (unpaired) electrons. The van der Waals surface area contributed by atoms with E-state index in [0.717, 1.165) is 51.9 Å². The second-order valence-corrected chi connectivity index (χ2v) is 9.72. The Morgan fingerprint density at radius 2 is 1.85 bits per heavy atom. The molecule has 1 aliphatic carbocycles. The molecule has 6 heteroatoms. The molecule has 2 saturated heterocycles. The molecule has 2 aromatic rings. The number of methoxy groups -OCH3 is 1. The van der Waals surface area contributed by atoms with Crippen LogP contribution in [0.2, 0.25) is 0 Å². The van der Waals surface area contributed by atoms with Crippen LogP contribution < -0.4 is 4.74 Å². The van der Waals surface area contributed by atoms with Gasteiger partial charge in [0.1, 0.15) is 5.56 Å². The van der Waals surface area contributed by atoms with Crippen LogP contribution in [0.4, 0.5) is 0 Å². The summed E-state index contributed by atoms with van der Waals surface area (Å²) in [6, 6.07) is 13.1. The maximum Gasteiger partial charge on any atom is 0.259 e. The first-order valence-electron chi connectivity index (χ1n) is 12.4. The quantitative estimate of drug-likeness (QED) is 0.647. The van der Waals surface area contributed by atoms with Gasteiger partial charge in [-0.2, -0.15) is 0 Å². The highest BCUT2D eigenvalue weighted by Crippen LogP contribution is 2.29. The van der Waals surface area contributed by atoms with Gasteiger partial charge in [0.2, 0.25) is 5.88 Å².